The fourth-order valence-corrected chi connectivity index (χ4v) is 4.08. The third kappa shape index (κ3) is 1.97. The number of fused-ring (bicyclic) bond motifs is 2. The maximum absolute atomic E-state index is 10.2. The van der Waals surface area contributed by atoms with Gasteiger partial charge in [0.2, 0.25) is 0 Å². The SMILES string of the molecule is Cc1nc(N2C[C@H]3CCC[C@@H](C2)C3O)sc1C. The zero-order valence-corrected chi connectivity index (χ0v) is 11.3. The van der Waals surface area contributed by atoms with Gasteiger partial charge in [-0.2, -0.15) is 0 Å². The van der Waals surface area contributed by atoms with Crippen molar-refractivity contribution in [3.05, 3.63) is 10.6 Å². The molecule has 1 aliphatic carbocycles. The minimum Gasteiger partial charge on any atom is -0.392 e. The summed E-state index contributed by atoms with van der Waals surface area (Å²) in [4.78, 5) is 8.36. The van der Waals surface area contributed by atoms with E-state index in [1.165, 1.54) is 24.1 Å². The Morgan fingerprint density at radius 1 is 1.24 bits per heavy atom. The normalized spacial score (nSPS) is 32.9. The molecule has 1 N–H and O–H groups in total. The van der Waals surface area contributed by atoms with Crippen molar-refractivity contribution < 1.29 is 5.11 Å². The van der Waals surface area contributed by atoms with Gasteiger partial charge in [-0.05, 0) is 26.7 Å². The highest BCUT2D eigenvalue weighted by atomic mass is 32.1. The summed E-state index contributed by atoms with van der Waals surface area (Å²) in [7, 11) is 0. The predicted molar refractivity (Wildman–Crippen MR) is 70.6 cm³/mol. The minimum atomic E-state index is -0.0674. The molecule has 3 atom stereocenters. The van der Waals surface area contributed by atoms with Gasteiger partial charge in [-0.1, -0.05) is 6.42 Å². The van der Waals surface area contributed by atoms with Crippen molar-refractivity contribution in [1.82, 2.24) is 4.98 Å². The van der Waals surface area contributed by atoms with Gasteiger partial charge in [0.1, 0.15) is 0 Å². The summed E-state index contributed by atoms with van der Waals surface area (Å²) < 4.78 is 0. The lowest BCUT2D eigenvalue weighted by Crippen LogP contribution is -2.51. The van der Waals surface area contributed by atoms with Crippen molar-refractivity contribution in [1.29, 1.82) is 0 Å². The average molecular weight is 252 g/mol. The molecule has 2 aliphatic rings. The van der Waals surface area contributed by atoms with Gasteiger partial charge in [0.15, 0.2) is 5.13 Å². The van der Waals surface area contributed by atoms with Crippen LogP contribution in [0, 0.1) is 25.7 Å². The molecule has 0 radical (unpaired) electrons. The maximum Gasteiger partial charge on any atom is 0.185 e. The van der Waals surface area contributed by atoms with E-state index >= 15 is 0 Å². The number of aliphatic hydroxyl groups is 1. The summed E-state index contributed by atoms with van der Waals surface area (Å²) in [5.41, 5.74) is 1.15. The van der Waals surface area contributed by atoms with E-state index in [2.05, 4.69) is 23.7 Å². The molecule has 1 aromatic rings. The summed E-state index contributed by atoms with van der Waals surface area (Å²) in [6, 6.07) is 0. The Morgan fingerprint density at radius 3 is 2.41 bits per heavy atom. The molecule has 2 bridgehead atoms. The summed E-state index contributed by atoms with van der Waals surface area (Å²) >= 11 is 1.79. The van der Waals surface area contributed by atoms with E-state index in [1.54, 1.807) is 11.3 Å². The molecule has 3 rings (SSSR count). The van der Waals surface area contributed by atoms with E-state index in [-0.39, 0.29) is 6.10 Å². The van der Waals surface area contributed by atoms with Crippen LogP contribution >= 0.6 is 11.3 Å². The first-order chi connectivity index (χ1) is 8.15. The van der Waals surface area contributed by atoms with Crippen LogP contribution in [0.4, 0.5) is 5.13 Å². The fourth-order valence-electron chi connectivity index (χ4n) is 3.16. The van der Waals surface area contributed by atoms with Crippen molar-refractivity contribution in [3.8, 4) is 0 Å². The highest BCUT2D eigenvalue weighted by Gasteiger charge is 2.39. The van der Waals surface area contributed by atoms with Gasteiger partial charge in [0, 0.05) is 29.8 Å². The largest absolute Gasteiger partial charge is 0.392 e. The summed E-state index contributed by atoms with van der Waals surface area (Å²) in [5.74, 6) is 0.930. The molecule has 1 aliphatic heterocycles. The summed E-state index contributed by atoms with van der Waals surface area (Å²) in [6.07, 6.45) is 3.58. The van der Waals surface area contributed by atoms with Crippen LogP contribution in [-0.2, 0) is 0 Å². The Morgan fingerprint density at radius 2 is 1.88 bits per heavy atom. The van der Waals surface area contributed by atoms with Crippen molar-refractivity contribution >= 4 is 16.5 Å². The zero-order valence-electron chi connectivity index (χ0n) is 10.5. The van der Waals surface area contributed by atoms with Crippen molar-refractivity contribution in [2.24, 2.45) is 11.8 Å². The van der Waals surface area contributed by atoms with Crippen molar-refractivity contribution in [3.63, 3.8) is 0 Å². The number of hydrogen-bond acceptors (Lipinski definition) is 4. The van der Waals surface area contributed by atoms with Crippen molar-refractivity contribution in [2.45, 2.75) is 39.2 Å². The molecule has 2 heterocycles. The number of nitrogens with zero attached hydrogens (tertiary/aromatic N) is 2. The lowest BCUT2D eigenvalue weighted by atomic mass is 9.75. The number of anilines is 1. The van der Waals surface area contributed by atoms with E-state index in [1.807, 2.05) is 0 Å². The number of rotatable bonds is 1. The van der Waals surface area contributed by atoms with Gasteiger partial charge in [0.05, 0.1) is 11.8 Å². The first kappa shape index (κ1) is 11.5. The molecule has 4 heteroatoms. The van der Waals surface area contributed by atoms with Gasteiger partial charge in [-0.25, -0.2) is 4.98 Å². The fraction of sp³-hybridized carbons (Fsp3) is 0.769. The Balaban J connectivity index is 1.81. The van der Waals surface area contributed by atoms with Crippen LogP contribution in [0.1, 0.15) is 29.8 Å². The van der Waals surface area contributed by atoms with Crippen LogP contribution in [0.25, 0.3) is 0 Å². The second kappa shape index (κ2) is 4.25. The highest BCUT2D eigenvalue weighted by Crippen LogP contribution is 2.38. The minimum absolute atomic E-state index is 0.0674. The number of hydrogen-bond donors (Lipinski definition) is 1. The Hall–Kier alpha value is -0.610. The predicted octanol–water partition coefficient (Wildman–Crippen LogP) is 2.36. The molecular weight excluding hydrogens is 232 g/mol. The Kier molecular flexibility index (Phi) is 2.87. The topological polar surface area (TPSA) is 36.4 Å². The lowest BCUT2D eigenvalue weighted by molar-refractivity contribution is 0.00598. The Bertz CT molecular complexity index is 384. The molecular formula is C13H20N2OS. The van der Waals surface area contributed by atoms with E-state index in [4.69, 9.17) is 0 Å². The van der Waals surface area contributed by atoms with Gasteiger partial charge in [0.25, 0.3) is 0 Å². The molecule has 94 valence electrons. The molecule has 17 heavy (non-hydrogen) atoms. The van der Waals surface area contributed by atoms with Crippen molar-refractivity contribution in [2.75, 3.05) is 18.0 Å². The van der Waals surface area contributed by atoms with E-state index in [9.17, 15) is 5.11 Å². The zero-order chi connectivity index (χ0) is 12.0. The number of aromatic nitrogens is 1. The van der Waals surface area contributed by atoms with Crippen LogP contribution in [-0.4, -0.2) is 29.3 Å². The first-order valence-corrected chi connectivity index (χ1v) is 7.34. The van der Waals surface area contributed by atoms with E-state index in [0.717, 1.165) is 23.9 Å². The number of aliphatic hydroxyl groups excluding tert-OH is 1. The molecule has 0 aromatic carbocycles. The second-order valence-electron chi connectivity index (χ2n) is 5.48. The van der Waals surface area contributed by atoms with Gasteiger partial charge >= 0.3 is 0 Å². The van der Waals surface area contributed by atoms with Crippen LogP contribution in [0.5, 0.6) is 0 Å². The molecule has 2 fully saturated rings. The Labute approximate surface area is 106 Å². The van der Waals surface area contributed by atoms with Crippen LogP contribution in [0.2, 0.25) is 0 Å². The third-order valence-electron chi connectivity index (χ3n) is 4.31. The van der Waals surface area contributed by atoms with Crippen LogP contribution < -0.4 is 4.90 Å². The average Bonchev–Trinajstić information content (AvgIpc) is 2.58. The maximum atomic E-state index is 10.2. The summed E-state index contributed by atoms with van der Waals surface area (Å²) in [5, 5.41) is 11.3. The van der Waals surface area contributed by atoms with Gasteiger partial charge in [-0.3, -0.25) is 0 Å². The summed E-state index contributed by atoms with van der Waals surface area (Å²) in [6.45, 7) is 6.19. The van der Waals surface area contributed by atoms with Gasteiger partial charge < -0.3 is 10.0 Å². The molecule has 1 saturated carbocycles. The molecule has 1 unspecified atom stereocenters. The van der Waals surface area contributed by atoms with Crippen LogP contribution in [0.3, 0.4) is 0 Å². The van der Waals surface area contributed by atoms with E-state index in [0.29, 0.717) is 11.8 Å². The monoisotopic (exact) mass is 252 g/mol. The lowest BCUT2D eigenvalue weighted by Gasteiger charge is -2.45. The number of thiazole rings is 1. The molecule has 1 saturated heterocycles. The molecule has 1 aromatic heterocycles. The highest BCUT2D eigenvalue weighted by molar-refractivity contribution is 7.15. The smallest absolute Gasteiger partial charge is 0.185 e. The van der Waals surface area contributed by atoms with Crippen LogP contribution in [0.15, 0.2) is 0 Å². The number of piperidine rings is 1. The quantitative estimate of drug-likeness (QED) is 0.833. The third-order valence-corrected chi connectivity index (χ3v) is 5.45. The molecule has 3 nitrogen and oxygen atoms in total. The second-order valence-corrected chi connectivity index (χ2v) is 6.67. The van der Waals surface area contributed by atoms with Gasteiger partial charge in [-0.15, -0.1) is 11.3 Å². The first-order valence-electron chi connectivity index (χ1n) is 6.52. The molecule has 0 spiro atoms. The molecule has 0 amide bonds. The van der Waals surface area contributed by atoms with E-state index < -0.39 is 0 Å². The standard InChI is InChI=1S/C13H20N2OS/c1-8-9(2)17-13(14-8)15-6-10-4-3-5-11(7-15)12(10)16/h10-12,16H,3-7H2,1-2H3/t10-,11+,12?. The number of aryl methyl sites for hydroxylation is 2.